The number of hydrogen-bond donors (Lipinski definition) is 7. The Labute approximate surface area is 300 Å². The lowest BCUT2D eigenvalue weighted by molar-refractivity contribution is -0.298. The Morgan fingerprint density at radius 1 is 0.800 bits per heavy atom. The Morgan fingerprint density at radius 3 is 1.94 bits per heavy atom. The Hall–Kier alpha value is -1.46. The number of carbonyl (C=O) groups is 1. The lowest BCUT2D eigenvalue weighted by Gasteiger charge is -2.41. The summed E-state index contributed by atoms with van der Waals surface area (Å²) in [5, 5.41) is 54.6. The summed E-state index contributed by atoms with van der Waals surface area (Å²) >= 11 is 0. The maximum Gasteiger partial charge on any atom is 0.397 e. The molecule has 0 radical (unpaired) electrons. The molecule has 1 aliphatic heterocycles. The van der Waals surface area contributed by atoms with Gasteiger partial charge in [-0.15, -0.1) is 0 Å². The van der Waals surface area contributed by atoms with Crippen LogP contribution < -0.4 is 5.32 Å². The van der Waals surface area contributed by atoms with Crippen molar-refractivity contribution in [1.82, 2.24) is 5.32 Å². The third-order valence-corrected chi connectivity index (χ3v) is 9.34. The second kappa shape index (κ2) is 28.1. The Balaban J connectivity index is 2.56. The molecule has 7 N–H and O–H groups in total. The van der Waals surface area contributed by atoms with Crippen LogP contribution in [0.25, 0.3) is 0 Å². The van der Waals surface area contributed by atoms with Crippen LogP contribution >= 0.6 is 0 Å². The number of allylic oxidation sites excluding steroid dienone is 4. The fourth-order valence-electron chi connectivity index (χ4n) is 5.79. The first kappa shape index (κ1) is 46.6. The van der Waals surface area contributed by atoms with Gasteiger partial charge in [-0.1, -0.05) is 115 Å². The number of ether oxygens (including phenoxy) is 2. The normalized spacial score (nSPS) is 23.4. The van der Waals surface area contributed by atoms with Gasteiger partial charge in [0.1, 0.15) is 30.5 Å². The van der Waals surface area contributed by atoms with Crippen molar-refractivity contribution in [2.75, 3.05) is 13.2 Å². The largest absolute Gasteiger partial charge is 0.397 e. The van der Waals surface area contributed by atoms with E-state index in [9.17, 15) is 38.7 Å². The van der Waals surface area contributed by atoms with E-state index in [-0.39, 0.29) is 6.42 Å². The standard InChI is InChI=1S/C36H67NO12S/c1-3-5-7-9-10-11-12-13-14-15-16-17-18-19-21-23-25-30(40)35(43)37-28(29(39)24-22-20-8-6-4-2)27-47-36-33(42)34(49-50(44,45)46)32(41)31(26-38)48-36/h10-11,13-14,28-34,36,38-42H,3-9,12,15-27H2,1-2H3,(H,37,43)(H,44,45,46)/b11-10-,14-13-. The number of amides is 1. The van der Waals surface area contributed by atoms with Gasteiger partial charge in [0, 0.05) is 0 Å². The zero-order chi connectivity index (χ0) is 37.2. The highest BCUT2D eigenvalue weighted by molar-refractivity contribution is 7.80. The highest BCUT2D eigenvalue weighted by atomic mass is 32.3. The maximum absolute atomic E-state index is 12.9. The molecule has 0 aromatic rings. The molecular weight excluding hydrogens is 670 g/mol. The zero-order valence-electron chi connectivity index (χ0n) is 30.3. The van der Waals surface area contributed by atoms with Crippen molar-refractivity contribution in [2.24, 2.45) is 0 Å². The number of aliphatic hydroxyl groups excluding tert-OH is 5. The van der Waals surface area contributed by atoms with Crippen molar-refractivity contribution in [2.45, 2.75) is 185 Å². The first-order valence-electron chi connectivity index (χ1n) is 18.8. The average molecular weight is 738 g/mol. The summed E-state index contributed by atoms with van der Waals surface area (Å²) in [4.78, 5) is 12.9. The van der Waals surface area contributed by atoms with Gasteiger partial charge in [-0.3, -0.25) is 9.35 Å². The Kier molecular flexibility index (Phi) is 26.2. The smallest absolute Gasteiger partial charge is 0.394 e. The molecule has 14 heteroatoms. The minimum Gasteiger partial charge on any atom is -0.394 e. The first-order valence-corrected chi connectivity index (χ1v) is 20.2. The van der Waals surface area contributed by atoms with Crippen molar-refractivity contribution in [3.8, 4) is 0 Å². The summed E-state index contributed by atoms with van der Waals surface area (Å²) in [5.41, 5.74) is 0. The average Bonchev–Trinajstić information content (AvgIpc) is 3.08. The summed E-state index contributed by atoms with van der Waals surface area (Å²) in [6.45, 7) is 3.09. The number of nitrogens with one attached hydrogen (secondary N) is 1. The van der Waals surface area contributed by atoms with E-state index in [0.717, 1.165) is 77.0 Å². The van der Waals surface area contributed by atoms with Gasteiger partial charge in [-0.05, 0) is 44.9 Å². The van der Waals surface area contributed by atoms with Crippen molar-refractivity contribution >= 4 is 16.3 Å². The molecule has 0 aromatic carbocycles. The van der Waals surface area contributed by atoms with Gasteiger partial charge in [-0.2, -0.15) is 8.42 Å². The molecule has 1 amide bonds. The second-order valence-electron chi connectivity index (χ2n) is 13.3. The third kappa shape index (κ3) is 21.2. The van der Waals surface area contributed by atoms with Crippen LogP contribution in [0, 0.1) is 0 Å². The number of rotatable bonds is 30. The molecule has 1 saturated heterocycles. The maximum atomic E-state index is 12.9. The van der Waals surface area contributed by atoms with Gasteiger partial charge < -0.3 is 40.3 Å². The van der Waals surface area contributed by atoms with Crippen LogP contribution in [0.5, 0.6) is 0 Å². The van der Waals surface area contributed by atoms with E-state index in [1.165, 1.54) is 19.3 Å². The van der Waals surface area contributed by atoms with Gasteiger partial charge in [0.2, 0.25) is 5.91 Å². The van der Waals surface area contributed by atoms with E-state index < -0.39 is 78.5 Å². The minimum absolute atomic E-state index is 0.246. The predicted molar refractivity (Wildman–Crippen MR) is 191 cm³/mol. The van der Waals surface area contributed by atoms with Crippen molar-refractivity contribution < 1.29 is 57.0 Å². The van der Waals surface area contributed by atoms with Crippen LogP contribution in [0.4, 0.5) is 0 Å². The lowest BCUT2D eigenvalue weighted by Crippen LogP contribution is -2.61. The number of aliphatic hydroxyl groups is 5. The molecule has 1 fully saturated rings. The van der Waals surface area contributed by atoms with Crippen LogP contribution in [0.3, 0.4) is 0 Å². The molecule has 1 rings (SSSR count). The summed E-state index contributed by atoms with van der Waals surface area (Å²) in [6, 6.07) is -1.03. The monoisotopic (exact) mass is 737 g/mol. The number of carbonyl (C=O) groups excluding carboxylic acids is 1. The molecule has 294 valence electrons. The molecule has 13 nitrogen and oxygen atoms in total. The van der Waals surface area contributed by atoms with Crippen LogP contribution in [0.2, 0.25) is 0 Å². The number of hydrogen-bond acceptors (Lipinski definition) is 11. The van der Waals surface area contributed by atoms with E-state index in [0.29, 0.717) is 19.3 Å². The molecular formula is C36H67NO12S. The highest BCUT2D eigenvalue weighted by Gasteiger charge is 2.48. The molecule has 0 saturated carbocycles. The molecule has 1 aliphatic rings. The SMILES string of the molecule is CCCCC/C=C\C/C=C\CCCCCCCCC(O)C(=O)NC(COC1OC(CO)C(O)C(OS(=O)(=O)O)C1O)C(O)CCCCCCC. The fraction of sp³-hybridized carbons (Fsp3) is 0.861. The molecule has 0 aromatic heterocycles. The molecule has 0 bridgehead atoms. The summed E-state index contributed by atoms with van der Waals surface area (Å²) in [6.07, 6.45) is 15.9. The van der Waals surface area contributed by atoms with Crippen LogP contribution in [-0.2, 0) is 28.9 Å². The topological polar surface area (TPSA) is 212 Å². The first-order chi connectivity index (χ1) is 23.9. The summed E-state index contributed by atoms with van der Waals surface area (Å²) in [7, 11) is -5.10. The van der Waals surface area contributed by atoms with Gasteiger partial charge in [0.25, 0.3) is 0 Å². The molecule has 0 spiro atoms. The van der Waals surface area contributed by atoms with E-state index in [1.54, 1.807) is 0 Å². The quantitative estimate of drug-likeness (QED) is 0.0311. The minimum atomic E-state index is -5.10. The summed E-state index contributed by atoms with van der Waals surface area (Å²) in [5.74, 6) is -0.687. The van der Waals surface area contributed by atoms with E-state index in [1.807, 2.05) is 0 Å². The van der Waals surface area contributed by atoms with Gasteiger partial charge >= 0.3 is 10.4 Å². The molecule has 50 heavy (non-hydrogen) atoms. The Morgan fingerprint density at radius 2 is 1.34 bits per heavy atom. The highest BCUT2D eigenvalue weighted by Crippen LogP contribution is 2.26. The van der Waals surface area contributed by atoms with Gasteiger partial charge in [-0.25, -0.2) is 4.18 Å². The Bertz CT molecular complexity index is 1030. The number of unbranched alkanes of at least 4 members (excludes halogenated alkanes) is 13. The fourth-order valence-corrected chi connectivity index (χ4v) is 6.29. The molecule has 1 heterocycles. The molecule has 0 aliphatic carbocycles. The lowest BCUT2D eigenvalue weighted by atomic mass is 9.99. The van der Waals surface area contributed by atoms with Crippen LogP contribution in [-0.4, -0.2) is 107 Å². The van der Waals surface area contributed by atoms with Crippen molar-refractivity contribution in [3.05, 3.63) is 24.3 Å². The third-order valence-electron chi connectivity index (χ3n) is 8.87. The van der Waals surface area contributed by atoms with E-state index in [2.05, 4.69) is 47.7 Å². The van der Waals surface area contributed by atoms with Crippen molar-refractivity contribution in [3.63, 3.8) is 0 Å². The van der Waals surface area contributed by atoms with Gasteiger partial charge in [0.05, 0.1) is 25.4 Å². The van der Waals surface area contributed by atoms with Crippen molar-refractivity contribution in [1.29, 1.82) is 0 Å². The van der Waals surface area contributed by atoms with Crippen LogP contribution in [0.1, 0.15) is 136 Å². The molecule has 8 atom stereocenters. The van der Waals surface area contributed by atoms with Crippen LogP contribution in [0.15, 0.2) is 24.3 Å². The van der Waals surface area contributed by atoms with E-state index >= 15 is 0 Å². The van der Waals surface area contributed by atoms with Gasteiger partial charge in [0.15, 0.2) is 6.29 Å². The molecule has 8 unspecified atom stereocenters. The second-order valence-corrected chi connectivity index (χ2v) is 14.4. The zero-order valence-corrected chi connectivity index (χ0v) is 31.1. The predicted octanol–water partition coefficient (Wildman–Crippen LogP) is 4.40. The van der Waals surface area contributed by atoms with E-state index in [4.69, 9.17) is 14.0 Å². The summed E-state index contributed by atoms with van der Waals surface area (Å²) < 4.78 is 47.1.